The molecule has 1 aromatic carbocycles. The first-order valence-electron chi connectivity index (χ1n) is 5.43. The van der Waals surface area contributed by atoms with Crippen molar-refractivity contribution in [2.24, 2.45) is 5.73 Å². The lowest BCUT2D eigenvalue weighted by Crippen LogP contribution is -2.26. The number of hydrogen-bond donors (Lipinski definition) is 1. The SMILES string of the molecule is C/C=C(/N)c1ccc2c(c1)CCN(C)C2.[HH]. The molecule has 0 saturated heterocycles. The van der Waals surface area contributed by atoms with Crippen molar-refractivity contribution < 1.29 is 1.43 Å². The van der Waals surface area contributed by atoms with Gasteiger partial charge >= 0.3 is 0 Å². The highest BCUT2D eigenvalue weighted by molar-refractivity contribution is 5.63. The fourth-order valence-electron chi connectivity index (χ4n) is 2.04. The number of benzene rings is 1. The summed E-state index contributed by atoms with van der Waals surface area (Å²) in [5, 5.41) is 0. The van der Waals surface area contributed by atoms with Gasteiger partial charge in [0.05, 0.1) is 0 Å². The van der Waals surface area contributed by atoms with Crippen LogP contribution in [0.3, 0.4) is 0 Å². The van der Waals surface area contributed by atoms with Crippen LogP contribution >= 0.6 is 0 Å². The van der Waals surface area contributed by atoms with E-state index in [4.69, 9.17) is 5.73 Å². The van der Waals surface area contributed by atoms with Crippen molar-refractivity contribution >= 4 is 5.70 Å². The summed E-state index contributed by atoms with van der Waals surface area (Å²) < 4.78 is 0. The Balaban J connectivity index is 0.00000128. The maximum Gasteiger partial charge on any atom is 0.0344 e. The van der Waals surface area contributed by atoms with Crippen LogP contribution in [-0.4, -0.2) is 18.5 Å². The molecule has 82 valence electrons. The molecule has 2 heteroatoms. The number of allylic oxidation sites excluding steroid dienone is 1. The fourth-order valence-corrected chi connectivity index (χ4v) is 2.04. The van der Waals surface area contributed by atoms with E-state index < -0.39 is 0 Å². The number of fused-ring (bicyclic) bond motifs is 1. The van der Waals surface area contributed by atoms with Gasteiger partial charge in [-0.25, -0.2) is 0 Å². The molecule has 2 N–H and O–H groups in total. The Morgan fingerprint density at radius 3 is 3.00 bits per heavy atom. The third kappa shape index (κ3) is 2.05. The summed E-state index contributed by atoms with van der Waals surface area (Å²) in [7, 11) is 2.16. The Labute approximate surface area is 92.9 Å². The lowest BCUT2D eigenvalue weighted by molar-refractivity contribution is 0.313. The van der Waals surface area contributed by atoms with Crippen molar-refractivity contribution in [1.29, 1.82) is 0 Å². The maximum atomic E-state index is 5.91. The number of rotatable bonds is 1. The Morgan fingerprint density at radius 2 is 2.27 bits per heavy atom. The van der Waals surface area contributed by atoms with E-state index in [-0.39, 0.29) is 1.43 Å². The molecule has 2 rings (SSSR count). The van der Waals surface area contributed by atoms with Gasteiger partial charge < -0.3 is 10.6 Å². The van der Waals surface area contributed by atoms with E-state index in [0.717, 1.165) is 30.8 Å². The topological polar surface area (TPSA) is 29.3 Å². The zero-order valence-electron chi connectivity index (χ0n) is 9.46. The standard InChI is InChI=1S/C13H18N2.H2/c1-3-13(14)11-4-5-12-9-15(2)7-6-10(12)8-11;/h3-5,8H,6-7,9,14H2,1-2H3;1H/b13-3+;. The number of likely N-dealkylation sites (N-methyl/N-ethyl adjacent to an activating group) is 1. The van der Waals surface area contributed by atoms with Crippen LogP contribution in [0.4, 0.5) is 0 Å². The van der Waals surface area contributed by atoms with Gasteiger partial charge in [0.25, 0.3) is 0 Å². The fraction of sp³-hybridized carbons (Fsp3) is 0.385. The predicted molar refractivity (Wildman–Crippen MR) is 66.4 cm³/mol. The second-order valence-electron chi connectivity index (χ2n) is 4.22. The first kappa shape index (κ1) is 10.2. The van der Waals surface area contributed by atoms with Crippen LogP contribution in [-0.2, 0) is 13.0 Å². The number of hydrogen-bond acceptors (Lipinski definition) is 2. The van der Waals surface area contributed by atoms with Crippen molar-refractivity contribution in [2.75, 3.05) is 13.6 Å². The summed E-state index contributed by atoms with van der Waals surface area (Å²) in [6.45, 7) is 4.18. The van der Waals surface area contributed by atoms with Gasteiger partial charge in [-0.05, 0) is 43.1 Å². The van der Waals surface area contributed by atoms with Crippen LogP contribution in [0.25, 0.3) is 5.70 Å². The number of nitrogens with two attached hydrogens (primary N) is 1. The Kier molecular flexibility index (Phi) is 2.78. The van der Waals surface area contributed by atoms with Gasteiger partial charge in [-0.1, -0.05) is 18.2 Å². The summed E-state index contributed by atoms with van der Waals surface area (Å²) in [6.07, 6.45) is 3.09. The van der Waals surface area contributed by atoms with Crippen LogP contribution in [0.5, 0.6) is 0 Å². The average Bonchev–Trinajstić information content (AvgIpc) is 2.27. The average molecular weight is 204 g/mol. The Bertz CT molecular complexity index is 399. The van der Waals surface area contributed by atoms with E-state index in [1.54, 1.807) is 0 Å². The summed E-state index contributed by atoms with van der Waals surface area (Å²) in [5.41, 5.74) is 10.8. The molecule has 2 nitrogen and oxygen atoms in total. The van der Waals surface area contributed by atoms with E-state index in [2.05, 4.69) is 30.1 Å². The lowest BCUT2D eigenvalue weighted by atomic mass is 9.96. The first-order chi connectivity index (χ1) is 7.20. The Hall–Kier alpha value is -1.28. The van der Waals surface area contributed by atoms with Crippen molar-refractivity contribution in [2.45, 2.75) is 19.9 Å². The van der Waals surface area contributed by atoms with Gasteiger partial charge in [-0.3, -0.25) is 0 Å². The van der Waals surface area contributed by atoms with E-state index in [0.29, 0.717) is 0 Å². The van der Waals surface area contributed by atoms with Crippen LogP contribution in [0.1, 0.15) is 25.0 Å². The molecule has 0 amide bonds. The van der Waals surface area contributed by atoms with Gasteiger partial charge in [0.15, 0.2) is 0 Å². The molecule has 0 bridgehead atoms. The molecule has 1 heterocycles. The van der Waals surface area contributed by atoms with Crippen LogP contribution in [0.15, 0.2) is 24.3 Å². The second-order valence-corrected chi connectivity index (χ2v) is 4.22. The summed E-state index contributed by atoms with van der Waals surface area (Å²) in [5.74, 6) is 0. The minimum Gasteiger partial charge on any atom is -0.399 e. The monoisotopic (exact) mass is 204 g/mol. The first-order valence-corrected chi connectivity index (χ1v) is 5.43. The van der Waals surface area contributed by atoms with Crippen LogP contribution in [0, 0.1) is 0 Å². The smallest absolute Gasteiger partial charge is 0.0344 e. The lowest BCUT2D eigenvalue weighted by Gasteiger charge is -2.25. The quantitative estimate of drug-likeness (QED) is 0.760. The van der Waals surface area contributed by atoms with E-state index in [1.165, 1.54) is 11.1 Å². The molecule has 0 aromatic heterocycles. The van der Waals surface area contributed by atoms with Gasteiger partial charge in [-0.2, -0.15) is 0 Å². The van der Waals surface area contributed by atoms with Crippen molar-refractivity contribution in [3.8, 4) is 0 Å². The molecule has 0 fully saturated rings. The molecular formula is C13H20N2. The second kappa shape index (κ2) is 4.07. The molecule has 0 saturated carbocycles. The van der Waals surface area contributed by atoms with E-state index in [1.807, 2.05) is 13.0 Å². The van der Waals surface area contributed by atoms with Crippen LogP contribution in [0.2, 0.25) is 0 Å². The maximum absolute atomic E-state index is 5.91. The zero-order chi connectivity index (χ0) is 10.8. The third-order valence-corrected chi connectivity index (χ3v) is 3.05. The molecule has 15 heavy (non-hydrogen) atoms. The molecule has 0 unspecified atom stereocenters. The van der Waals surface area contributed by atoms with Gasteiger partial charge in [-0.15, -0.1) is 0 Å². The molecular weight excluding hydrogens is 184 g/mol. The van der Waals surface area contributed by atoms with E-state index >= 15 is 0 Å². The van der Waals surface area contributed by atoms with Crippen molar-refractivity contribution in [3.05, 3.63) is 41.0 Å². The van der Waals surface area contributed by atoms with E-state index in [9.17, 15) is 0 Å². The summed E-state index contributed by atoms with van der Waals surface area (Å²) >= 11 is 0. The Morgan fingerprint density at radius 1 is 1.47 bits per heavy atom. The predicted octanol–water partition coefficient (Wildman–Crippen LogP) is 2.24. The highest BCUT2D eigenvalue weighted by atomic mass is 15.1. The summed E-state index contributed by atoms with van der Waals surface area (Å²) in [4.78, 5) is 2.35. The van der Waals surface area contributed by atoms with Gasteiger partial charge in [0, 0.05) is 20.2 Å². The van der Waals surface area contributed by atoms with Crippen molar-refractivity contribution in [1.82, 2.24) is 4.90 Å². The molecule has 1 aromatic rings. The minimum absolute atomic E-state index is 0. The molecule has 0 spiro atoms. The molecule has 0 atom stereocenters. The largest absolute Gasteiger partial charge is 0.399 e. The summed E-state index contributed by atoms with van der Waals surface area (Å²) in [6, 6.07) is 6.56. The highest BCUT2D eigenvalue weighted by Crippen LogP contribution is 2.21. The molecule has 1 aliphatic rings. The highest BCUT2D eigenvalue weighted by Gasteiger charge is 2.13. The number of nitrogens with zero attached hydrogens (tertiary/aromatic N) is 1. The van der Waals surface area contributed by atoms with Crippen molar-refractivity contribution in [3.63, 3.8) is 0 Å². The molecule has 0 aliphatic carbocycles. The zero-order valence-corrected chi connectivity index (χ0v) is 9.46. The third-order valence-electron chi connectivity index (χ3n) is 3.05. The minimum atomic E-state index is 0. The normalized spacial score (nSPS) is 17.6. The molecule has 0 radical (unpaired) electrons. The van der Waals surface area contributed by atoms with Crippen LogP contribution < -0.4 is 5.73 Å². The molecule has 1 aliphatic heterocycles. The van der Waals surface area contributed by atoms with Gasteiger partial charge in [0.2, 0.25) is 0 Å². The van der Waals surface area contributed by atoms with Gasteiger partial charge in [0.1, 0.15) is 0 Å².